The molecule has 2 atom stereocenters. The number of nitrogens with one attached hydrogen (secondary N) is 1. The minimum atomic E-state index is -1.13. The number of nitrogens with zero attached hydrogens (tertiary/aromatic N) is 2. The summed E-state index contributed by atoms with van der Waals surface area (Å²) in [6.45, 7) is 7.25. The van der Waals surface area contributed by atoms with Gasteiger partial charge in [-0.05, 0) is 62.1 Å². The van der Waals surface area contributed by atoms with E-state index in [1.54, 1.807) is 4.90 Å². The highest BCUT2D eigenvalue weighted by atomic mass is 19.1. The number of aryl methyl sites for hydroxylation is 1. The van der Waals surface area contributed by atoms with Crippen LogP contribution in [0.25, 0.3) is 0 Å². The summed E-state index contributed by atoms with van der Waals surface area (Å²) in [7, 11) is 0. The third-order valence-electron chi connectivity index (χ3n) is 6.35. The van der Waals surface area contributed by atoms with Gasteiger partial charge in [-0.1, -0.05) is 13.8 Å². The van der Waals surface area contributed by atoms with Crippen molar-refractivity contribution in [1.29, 1.82) is 0 Å². The molecule has 0 unspecified atom stereocenters. The van der Waals surface area contributed by atoms with Gasteiger partial charge in [-0.3, -0.25) is 14.6 Å². The van der Waals surface area contributed by atoms with Crippen LogP contribution in [0.5, 0.6) is 0 Å². The molecule has 0 aliphatic rings. The SMILES string of the molecule is CCCN(CCC)C(=O)c1cnc([C@H](Cc2cc(F)cc(F)c2)[C@@H](O)CNCc2ccc(C)o2)c(C(N)=O)c1. The lowest BCUT2D eigenvalue weighted by molar-refractivity contribution is 0.0755. The maximum absolute atomic E-state index is 14.0. The normalized spacial score (nSPS) is 12.8. The molecule has 3 rings (SSSR count). The van der Waals surface area contributed by atoms with Crippen LogP contribution in [0.3, 0.4) is 0 Å². The van der Waals surface area contributed by atoms with Crippen LogP contribution in [0.2, 0.25) is 0 Å². The Bertz CT molecular complexity index is 1250. The fourth-order valence-electron chi connectivity index (χ4n) is 4.59. The average Bonchev–Trinajstić information content (AvgIpc) is 3.30. The Morgan fingerprint density at radius 2 is 1.77 bits per heavy atom. The maximum atomic E-state index is 14.0. The number of amides is 2. The number of nitrogens with two attached hydrogens (primary N) is 1. The minimum absolute atomic E-state index is 0.0311. The lowest BCUT2D eigenvalue weighted by Gasteiger charge is -2.26. The number of furan rings is 1. The van der Waals surface area contributed by atoms with Crippen LogP contribution in [-0.4, -0.2) is 52.5 Å². The molecule has 210 valence electrons. The van der Waals surface area contributed by atoms with Crippen LogP contribution in [0, 0.1) is 18.6 Å². The summed E-state index contributed by atoms with van der Waals surface area (Å²) in [6, 6.07) is 8.10. The Labute approximate surface area is 227 Å². The second-order valence-corrected chi connectivity index (χ2v) is 9.61. The van der Waals surface area contributed by atoms with E-state index < -0.39 is 29.6 Å². The molecule has 0 radical (unpaired) electrons. The quantitative estimate of drug-likeness (QED) is 0.282. The van der Waals surface area contributed by atoms with Crippen molar-refractivity contribution >= 4 is 11.8 Å². The predicted molar refractivity (Wildman–Crippen MR) is 143 cm³/mol. The number of hydrogen-bond donors (Lipinski definition) is 3. The van der Waals surface area contributed by atoms with Gasteiger partial charge in [0.15, 0.2) is 0 Å². The topological polar surface area (TPSA) is 122 Å². The zero-order valence-electron chi connectivity index (χ0n) is 22.5. The number of carbonyl (C=O) groups excluding carboxylic acids is 2. The first-order valence-electron chi connectivity index (χ1n) is 13.1. The van der Waals surface area contributed by atoms with Crippen molar-refractivity contribution in [2.45, 2.75) is 58.6 Å². The maximum Gasteiger partial charge on any atom is 0.255 e. The number of pyridine rings is 1. The number of primary amides is 1. The van der Waals surface area contributed by atoms with Gasteiger partial charge in [-0.2, -0.15) is 0 Å². The van der Waals surface area contributed by atoms with E-state index in [1.165, 1.54) is 12.3 Å². The first-order valence-corrected chi connectivity index (χ1v) is 13.1. The summed E-state index contributed by atoms with van der Waals surface area (Å²) in [5, 5.41) is 14.3. The molecule has 0 saturated heterocycles. The molecule has 4 N–H and O–H groups in total. The van der Waals surface area contributed by atoms with Crippen molar-refractivity contribution < 1.29 is 27.9 Å². The van der Waals surface area contributed by atoms with Gasteiger partial charge in [-0.15, -0.1) is 0 Å². The summed E-state index contributed by atoms with van der Waals surface area (Å²) in [6.07, 6.45) is 1.73. The van der Waals surface area contributed by atoms with Crippen LogP contribution in [0.15, 0.2) is 47.0 Å². The summed E-state index contributed by atoms with van der Waals surface area (Å²) < 4.78 is 33.5. The molecule has 0 fully saturated rings. The lowest BCUT2D eigenvalue weighted by Crippen LogP contribution is -2.35. The highest BCUT2D eigenvalue weighted by molar-refractivity contribution is 5.99. The van der Waals surface area contributed by atoms with Crippen LogP contribution in [0.1, 0.15) is 76.1 Å². The molecule has 1 aromatic carbocycles. The van der Waals surface area contributed by atoms with E-state index in [4.69, 9.17) is 10.2 Å². The first kappa shape index (κ1) is 29.9. The van der Waals surface area contributed by atoms with Crippen molar-refractivity contribution in [3.8, 4) is 0 Å². The van der Waals surface area contributed by atoms with Crippen molar-refractivity contribution in [2.24, 2.45) is 5.73 Å². The van der Waals surface area contributed by atoms with Crippen LogP contribution in [0.4, 0.5) is 8.78 Å². The Kier molecular flexibility index (Phi) is 10.7. The fourth-order valence-corrected chi connectivity index (χ4v) is 4.59. The Morgan fingerprint density at radius 3 is 2.33 bits per heavy atom. The van der Waals surface area contributed by atoms with Crippen molar-refractivity contribution in [2.75, 3.05) is 19.6 Å². The van der Waals surface area contributed by atoms with Crippen LogP contribution in [-0.2, 0) is 13.0 Å². The standard InChI is InChI=1S/C29H36F2N4O4/c1-4-8-35(9-5-2)29(38)20-13-25(28(32)37)27(34-15-20)24(12-19-10-21(30)14-22(31)11-19)26(36)17-33-16-23-7-6-18(3)39-23/h6-7,10-11,13-15,24,26,33,36H,4-5,8-9,12,16-17H2,1-3H3,(H2,32,37)/t24-,26+/m1/s1. The summed E-state index contributed by atoms with van der Waals surface area (Å²) in [4.78, 5) is 31.8. The number of benzene rings is 1. The molecule has 2 heterocycles. The highest BCUT2D eigenvalue weighted by Gasteiger charge is 2.29. The van der Waals surface area contributed by atoms with E-state index in [-0.39, 0.29) is 41.3 Å². The third-order valence-corrected chi connectivity index (χ3v) is 6.35. The number of carbonyl (C=O) groups is 2. The smallest absolute Gasteiger partial charge is 0.255 e. The van der Waals surface area contributed by atoms with Crippen LogP contribution < -0.4 is 11.1 Å². The first-order chi connectivity index (χ1) is 18.6. The van der Waals surface area contributed by atoms with E-state index in [1.807, 2.05) is 32.9 Å². The van der Waals surface area contributed by atoms with Gasteiger partial charge in [0.25, 0.3) is 11.8 Å². The molecule has 39 heavy (non-hydrogen) atoms. The third kappa shape index (κ3) is 8.18. The molecule has 2 amide bonds. The summed E-state index contributed by atoms with van der Waals surface area (Å²) >= 11 is 0. The van der Waals surface area contributed by atoms with Gasteiger partial charge in [0.1, 0.15) is 23.2 Å². The Morgan fingerprint density at radius 1 is 1.10 bits per heavy atom. The average molecular weight is 543 g/mol. The van der Waals surface area contributed by atoms with E-state index in [0.717, 1.165) is 36.8 Å². The molecule has 0 spiro atoms. The number of aliphatic hydroxyl groups excluding tert-OH is 1. The Balaban J connectivity index is 1.95. The number of aromatic nitrogens is 1. The van der Waals surface area contributed by atoms with Gasteiger partial charge in [0.05, 0.1) is 29.5 Å². The number of aliphatic hydroxyl groups is 1. The lowest BCUT2D eigenvalue weighted by atomic mass is 9.87. The molecule has 0 saturated carbocycles. The zero-order valence-corrected chi connectivity index (χ0v) is 22.5. The summed E-state index contributed by atoms with van der Waals surface area (Å²) in [5.74, 6) is -2.08. The van der Waals surface area contributed by atoms with Crippen molar-refractivity contribution in [3.63, 3.8) is 0 Å². The molecule has 2 aromatic heterocycles. The van der Waals surface area contributed by atoms with Crippen LogP contribution >= 0.6 is 0 Å². The van der Waals surface area contributed by atoms with E-state index in [9.17, 15) is 23.5 Å². The minimum Gasteiger partial charge on any atom is -0.465 e. The molecule has 0 bridgehead atoms. The largest absolute Gasteiger partial charge is 0.465 e. The van der Waals surface area contributed by atoms with Crippen molar-refractivity contribution in [1.82, 2.24) is 15.2 Å². The van der Waals surface area contributed by atoms with E-state index >= 15 is 0 Å². The van der Waals surface area contributed by atoms with Gasteiger partial charge < -0.3 is 25.5 Å². The second-order valence-electron chi connectivity index (χ2n) is 9.61. The number of rotatable bonds is 14. The molecular formula is C29H36F2N4O4. The molecule has 0 aliphatic carbocycles. The fraction of sp³-hybridized carbons (Fsp3) is 0.414. The van der Waals surface area contributed by atoms with Gasteiger partial charge in [-0.25, -0.2) is 8.78 Å². The predicted octanol–water partition coefficient (Wildman–Crippen LogP) is 4.10. The van der Waals surface area contributed by atoms with E-state index in [0.29, 0.717) is 25.4 Å². The monoisotopic (exact) mass is 542 g/mol. The molecule has 3 aromatic rings. The number of hydrogen-bond acceptors (Lipinski definition) is 6. The number of halogens is 2. The van der Waals surface area contributed by atoms with Gasteiger partial charge >= 0.3 is 0 Å². The van der Waals surface area contributed by atoms with Crippen molar-refractivity contribution in [3.05, 3.63) is 88.1 Å². The Hall–Kier alpha value is -3.63. The molecule has 8 nitrogen and oxygen atoms in total. The molecular weight excluding hydrogens is 506 g/mol. The highest BCUT2D eigenvalue weighted by Crippen LogP contribution is 2.28. The zero-order chi connectivity index (χ0) is 28.5. The second kappa shape index (κ2) is 14.0. The summed E-state index contributed by atoms with van der Waals surface area (Å²) in [5.41, 5.74) is 6.28. The van der Waals surface area contributed by atoms with Gasteiger partial charge in [0, 0.05) is 37.8 Å². The van der Waals surface area contributed by atoms with E-state index in [2.05, 4.69) is 10.3 Å². The molecule has 10 heteroatoms. The van der Waals surface area contributed by atoms with Gasteiger partial charge in [0.2, 0.25) is 0 Å². The molecule has 0 aliphatic heterocycles.